The lowest BCUT2D eigenvalue weighted by Crippen LogP contribution is -2.14. The largest absolute Gasteiger partial charge is 0.326 e. The number of hydrogen-bond donors (Lipinski definition) is 2. The smallest absolute Gasteiger partial charge is 0.224 e. The van der Waals surface area contributed by atoms with E-state index in [0.717, 1.165) is 18.5 Å². The van der Waals surface area contributed by atoms with Gasteiger partial charge in [0.1, 0.15) is 0 Å². The van der Waals surface area contributed by atoms with Crippen LogP contribution < -0.4 is 10.6 Å². The molecular weight excluding hydrogens is 212 g/mol. The quantitative estimate of drug-likeness (QED) is 0.794. The van der Waals surface area contributed by atoms with E-state index in [9.17, 15) is 4.79 Å². The molecular formula is C14H22N2O. The van der Waals surface area contributed by atoms with Crippen molar-refractivity contribution in [3.63, 3.8) is 0 Å². The minimum atomic E-state index is 0.0983. The molecule has 0 aromatic heterocycles. The zero-order valence-corrected chi connectivity index (χ0v) is 10.9. The van der Waals surface area contributed by atoms with Gasteiger partial charge in [0, 0.05) is 18.2 Å². The fraction of sp³-hybridized carbons (Fsp3) is 0.500. The maximum atomic E-state index is 11.6. The number of carbonyl (C=O) groups excluding carboxylic acids is 1. The highest BCUT2D eigenvalue weighted by molar-refractivity contribution is 5.90. The second-order valence-electron chi connectivity index (χ2n) is 4.29. The van der Waals surface area contributed by atoms with Crippen LogP contribution in [0.25, 0.3) is 0 Å². The summed E-state index contributed by atoms with van der Waals surface area (Å²) in [5, 5.41) is 6.11. The lowest BCUT2D eigenvalue weighted by molar-refractivity contribution is -0.116. The molecule has 1 aromatic carbocycles. The molecule has 1 unspecified atom stereocenters. The van der Waals surface area contributed by atoms with E-state index in [-0.39, 0.29) is 5.91 Å². The summed E-state index contributed by atoms with van der Waals surface area (Å²) in [6.07, 6.45) is 2.59. The van der Waals surface area contributed by atoms with Crippen LogP contribution in [0.3, 0.4) is 0 Å². The lowest BCUT2D eigenvalue weighted by atomic mass is 10.1. The monoisotopic (exact) mass is 234 g/mol. The number of nitrogens with one attached hydrogen (secondary N) is 2. The molecule has 1 rings (SSSR count). The molecule has 0 aliphatic heterocycles. The van der Waals surface area contributed by atoms with Crippen LogP contribution in [0.5, 0.6) is 0 Å². The van der Waals surface area contributed by atoms with Gasteiger partial charge in [-0.05, 0) is 38.1 Å². The molecule has 0 aliphatic carbocycles. The number of anilines is 1. The van der Waals surface area contributed by atoms with E-state index in [0.29, 0.717) is 12.5 Å². The third kappa shape index (κ3) is 4.57. The Labute approximate surface area is 104 Å². The first-order valence-electron chi connectivity index (χ1n) is 6.24. The summed E-state index contributed by atoms with van der Waals surface area (Å²) in [6, 6.07) is 8.27. The SMILES string of the molecule is CCCCC(=O)Nc1cccc(C(C)NC)c1. The molecule has 1 atom stereocenters. The highest BCUT2D eigenvalue weighted by atomic mass is 16.1. The van der Waals surface area contributed by atoms with Gasteiger partial charge in [-0.3, -0.25) is 4.79 Å². The van der Waals surface area contributed by atoms with Crippen molar-refractivity contribution in [2.24, 2.45) is 0 Å². The lowest BCUT2D eigenvalue weighted by Gasteiger charge is -2.12. The molecule has 0 spiro atoms. The van der Waals surface area contributed by atoms with Gasteiger partial charge in [-0.1, -0.05) is 25.5 Å². The number of hydrogen-bond acceptors (Lipinski definition) is 2. The Balaban J connectivity index is 2.62. The molecule has 0 heterocycles. The maximum absolute atomic E-state index is 11.6. The summed E-state index contributed by atoms with van der Waals surface area (Å²) in [5.41, 5.74) is 2.06. The molecule has 0 aliphatic rings. The third-order valence-corrected chi connectivity index (χ3v) is 2.86. The zero-order chi connectivity index (χ0) is 12.7. The molecule has 0 saturated heterocycles. The molecule has 2 N–H and O–H groups in total. The van der Waals surface area contributed by atoms with Crippen molar-refractivity contribution >= 4 is 11.6 Å². The zero-order valence-electron chi connectivity index (χ0n) is 10.9. The maximum Gasteiger partial charge on any atom is 0.224 e. The van der Waals surface area contributed by atoms with E-state index >= 15 is 0 Å². The second-order valence-corrected chi connectivity index (χ2v) is 4.29. The molecule has 0 saturated carbocycles. The Morgan fingerprint density at radius 2 is 2.18 bits per heavy atom. The minimum Gasteiger partial charge on any atom is -0.326 e. The van der Waals surface area contributed by atoms with Crippen LogP contribution in [0, 0.1) is 0 Å². The Kier molecular flexibility index (Phi) is 5.70. The standard InChI is InChI=1S/C14H22N2O/c1-4-5-9-14(17)16-13-8-6-7-12(10-13)11(2)15-3/h6-8,10-11,15H,4-5,9H2,1-3H3,(H,16,17). The number of unbranched alkanes of at least 4 members (excludes halogenated alkanes) is 1. The van der Waals surface area contributed by atoms with Gasteiger partial charge in [0.05, 0.1) is 0 Å². The van der Waals surface area contributed by atoms with E-state index in [1.807, 2.05) is 25.2 Å². The van der Waals surface area contributed by atoms with Crippen molar-refractivity contribution in [1.29, 1.82) is 0 Å². The van der Waals surface area contributed by atoms with Crippen LogP contribution in [0.4, 0.5) is 5.69 Å². The van der Waals surface area contributed by atoms with Crippen LogP contribution in [-0.4, -0.2) is 13.0 Å². The van der Waals surface area contributed by atoms with Crippen LogP contribution in [0.15, 0.2) is 24.3 Å². The number of rotatable bonds is 6. The molecule has 0 radical (unpaired) electrons. The predicted molar refractivity (Wildman–Crippen MR) is 72.1 cm³/mol. The van der Waals surface area contributed by atoms with E-state index in [4.69, 9.17) is 0 Å². The molecule has 94 valence electrons. The van der Waals surface area contributed by atoms with Gasteiger partial charge in [0.2, 0.25) is 5.91 Å². The van der Waals surface area contributed by atoms with E-state index in [1.54, 1.807) is 0 Å². The number of carbonyl (C=O) groups is 1. The van der Waals surface area contributed by atoms with Gasteiger partial charge in [-0.25, -0.2) is 0 Å². The number of amides is 1. The Morgan fingerprint density at radius 3 is 2.82 bits per heavy atom. The average Bonchev–Trinajstić information content (AvgIpc) is 2.35. The first kappa shape index (κ1) is 13.7. The van der Waals surface area contributed by atoms with Gasteiger partial charge in [-0.2, -0.15) is 0 Å². The van der Waals surface area contributed by atoms with E-state index in [2.05, 4.69) is 30.5 Å². The summed E-state index contributed by atoms with van der Waals surface area (Å²) >= 11 is 0. The van der Waals surface area contributed by atoms with Crippen molar-refractivity contribution in [3.05, 3.63) is 29.8 Å². The summed E-state index contributed by atoms with van der Waals surface area (Å²) in [5.74, 6) is 0.0983. The summed E-state index contributed by atoms with van der Waals surface area (Å²) in [4.78, 5) is 11.6. The summed E-state index contributed by atoms with van der Waals surface area (Å²) in [7, 11) is 1.93. The second kappa shape index (κ2) is 7.07. The van der Waals surface area contributed by atoms with Crippen molar-refractivity contribution < 1.29 is 4.79 Å². The first-order chi connectivity index (χ1) is 8.17. The molecule has 3 heteroatoms. The van der Waals surface area contributed by atoms with Crippen LogP contribution in [-0.2, 0) is 4.79 Å². The van der Waals surface area contributed by atoms with Crippen LogP contribution in [0.1, 0.15) is 44.7 Å². The van der Waals surface area contributed by atoms with Gasteiger partial charge < -0.3 is 10.6 Å². The highest BCUT2D eigenvalue weighted by Gasteiger charge is 2.05. The van der Waals surface area contributed by atoms with Crippen LogP contribution >= 0.6 is 0 Å². The van der Waals surface area contributed by atoms with Gasteiger partial charge in [0.15, 0.2) is 0 Å². The van der Waals surface area contributed by atoms with Gasteiger partial charge in [-0.15, -0.1) is 0 Å². The molecule has 1 aromatic rings. The van der Waals surface area contributed by atoms with E-state index < -0.39 is 0 Å². The average molecular weight is 234 g/mol. The van der Waals surface area contributed by atoms with E-state index in [1.165, 1.54) is 5.56 Å². The number of benzene rings is 1. The fourth-order valence-corrected chi connectivity index (χ4v) is 1.61. The predicted octanol–water partition coefficient (Wildman–Crippen LogP) is 3.10. The Bertz CT molecular complexity index is 363. The fourth-order valence-electron chi connectivity index (χ4n) is 1.61. The molecule has 17 heavy (non-hydrogen) atoms. The van der Waals surface area contributed by atoms with Crippen molar-refractivity contribution in [1.82, 2.24) is 5.32 Å². The van der Waals surface area contributed by atoms with Crippen LogP contribution in [0.2, 0.25) is 0 Å². The topological polar surface area (TPSA) is 41.1 Å². The normalized spacial score (nSPS) is 12.2. The molecule has 1 amide bonds. The minimum absolute atomic E-state index is 0.0983. The summed E-state index contributed by atoms with van der Waals surface area (Å²) in [6.45, 7) is 4.18. The van der Waals surface area contributed by atoms with Gasteiger partial charge >= 0.3 is 0 Å². The Hall–Kier alpha value is -1.35. The van der Waals surface area contributed by atoms with Crippen molar-refractivity contribution in [3.8, 4) is 0 Å². The molecule has 3 nitrogen and oxygen atoms in total. The van der Waals surface area contributed by atoms with Crippen molar-refractivity contribution in [2.75, 3.05) is 12.4 Å². The van der Waals surface area contributed by atoms with Gasteiger partial charge in [0.25, 0.3) is 0 Å². The third-order valence-electron chi connectivity index (χ3n) is 2.86. The molecule has 0 fully saturated rings. The summed E-state index contributed by atoms with van der Waals surface area (Å²) < 4.78 is 0. The first-order valence-corrected chi connectivity index (χ1v) is 6.24. The highest BCUT2D eigenvalue weighted by Crippen LogP contribution is 2.17. The van der Waals surface area contributed by atoms with Crippen molar-refractivity contribution in [2.45, 2.75) is 39.2 Å². The Morgan fingerprint density at radius 1 is 1.41 bits per heavy atom. The molecule has 0 bridgehead atoms.